The first kappa shape index (κ1) is 19.3. The first-order valence-corrected chi connectivity index (χ1v) is 8.58. The molecule has 2 aromatic carbocycles. The molecule has 26 heavy (non-hydrogen) atoms. The molecule has 2 aromatic rings. The predicted octanol–water partition coefficient (Wildman–Crippen LogP) is 2.70. The molecule has 138 valence electrons. The van der Waals surface area contributed by atoms with E-state index in [1.165, 1.54) is 0 Å². The Morgan fingerprint density at radius 1 is 1.12 bits per heavy atom. The number of hydrogen-bond donors (Lipinski definition) is 2. The van der Waals surface area contributed by atoms with Gasteiger partial charge in [0, 0.05) is 12.2 Å². The fourth-order valence-corrected chi connectivity index (χ4v) is 2.59. The molecule has 0 aliphatic carbocycles. The van der Waals surface area contributed by atoms with Gasteiger partial charge in [-0.05, 0) is 36.2 Å². The minimum atomic E-state index is -0.256. The smallest absolute Gasteiger partial charge is 0.244 e. The maximum absolute atomic E-state index is 12.6. The summed E-state index contributed by atoms with van der Waals surface area (Å²) < 4.78 is 5.23. The van der Waals surface area contributed by atoms with Crippen LogP contribution in [0, 0.1) is 0 Å². The maximum atomic E-state index is 12.6. The number of para-hydroxylation sites is 2. The number of nitrogen functional groups attached to an aromatic ring is 1. The molecule has 0 atom stereocenters. The second-order valence-corrected chi connectivity index (χ2v) is 5.98. The number of carbonyl (C=O) groups is 2. The van der Waals surface area contributed by atoms with Gasteiger partial charge in [0.05, 0.1) is 25.8 Å². The summed E-state index contributed by atoms with van der Waals surface area (Å²) in [5, 5.41) is 2.80. The molecule has 0 aromatic heterocycles. The van der Waals surface area contributed by atoms with Crippen LogP contribution < -0.4 is 15.8 Å². The molecule has 0 saturated heterocycles. The van der Waals surface area contributed by atoms with E-state index in [-0.39, 0.29) is 24.8 Å². The summed E-state index contributed by atoms with van der Waals surface area (Å²) in [5.74, 6) is 0.233. The molecule has 0 spiro atoms. The van der Waals surface area contributed by atoms with Gasteiger partial charge in [-0.25, -0.2) is 0 Å². The molecule has 0 bridgehead atoms. The number of carbonyl (C=O) groups excluding carboxylic acids is 2. The van der Waals surface area contributed by atoms with E-state index in [4.69, 9.17) is 10.5 Å². The van der Waals surface area contributed by atoms with Gasteiger partial charge < -0.3 is 20.7 Å². The van der Waals surface area contributed by atoms with Crippen molar-refractivity contribution in [3.63, 3.8) is 0 Å². The molecule has 0 heterocycles. The Kier molecular flexibility index (Phi) is 7.02. The van der Waals surface area contributed by atoms with Crippen molar-refractivity contribution in [3.8, 4) is 5.75 Å². The highest BCUT2D eigenvalue weighted by atomic mass is 16.5. The number of nitrogens with zero attached hydrogens (tertiary/aromatic N) is 1. The molecule has 0 saturated carbocycles. The number of rotatable bonds is 8. The van der Waals surface area contributed by atoms with Gasteiger partial charge in [0.1, 0.15) is 5.75 Å². The molecule has 2 amide bonds. The molecule has 0 fully saturated rings. The van der Waals surface area contributed by atoms with Crippen molar-refractivity contribution >= 4 is 23.2 Å². The number of nitrogens with one attached hydrogen (secondary N) is 1. The van der Waals surface area contributed by atoms with Crippen LogP contribution in [0.2, 0.25) is 0 Å². The van der Waals surface area contributed by atoms with Crippen molar-refractivity contribution < 1.29 is 14.3 Å². The molecule has 2 rings (SSSR count). The Balaban J connectivity index is 2.00. The van der Waals surface area contributed by atoms with E-state index in [9.17, 15) is 9.59 Å². The van der Waals surface area contributed by atoms with Crippen molar-refractivity contribution in [2.75, 3.05) is 31.2 Å². The predicted molar refractivity (Wildman–Crippen MR) is 103 cm³/mol. The normalized spacial score (nSPS) is 10.2. The summed E-state index contributed by atoms with van der Waals surface area (Å²) in [6.07, 6.45) is 1.01. The van der Waals surface area contributed by atoms with Gasteiger partial charge in [-0.1, -0.05) is 31.2 Å². The topological polar surface area (TPSA) is 84.7 Å². The zero-order valence-electron chi connectivity index (χ0n) is 15.2. The summed E-state index contributed by atoms with van der Waals surface area (Å²) in [6, 6.07) is 14.4. The Labute approximate surface area is 153 Å². The Morgan fingerprint density at radius 2 is 1.81 bits per heavy atom. The van der Waals surface area contributed by atoms with E-state index in [0.29, 0.717) is 23.7 Å². The van der Waals surface area contributed by atoms with Gasteiger partial charge in [0.15, 0.2) is 0 Å². The maximum Gasteiger partial charge on any atom is 0.244 e. The van der Waals surface area contributed by atoms with E-state index in [1.807, 2.05) is 31.2 Å². The quantitative estimate of drug-likeness (QED) is 0.713. The second kappa shape index (κ2) is 9.46. The number of nitrogens with two attached hydrogens (primary N) is 1. The van der Waals surface area contributed by atoms with E-state index < -0.39 is 0 Å². The largest absolute Gasteiger partial charge is 0.495 e. The molecular formula is C20H25N3O3. The SMILES string of the molecule is CCCN(CC(=O)Nc1ccccc1OC)C(=O)Cc1ccc(N)cc1. The zero-order valence-corrected chi connectivity index (χ0v) is 15.2. The standard InChI is InChI=1S/C20H25N3O3/c1-3-12-23(20(25)13-15-8-10-16(21)11-9-15)14-19(24)22-17-6-4-5-7-18(17)26-2/h4-11H,3,12-14,21H2,1-2H3,(H,22,24). The summed E-state index contributed by atoms with van der Waals surface area (Å²) in [7, 11) is 1.55. The highest BCUT2D eigenvalue weighted by Crippen LogP contribution is 2.22. The molecule has 0 unspecified atom stereocenters. The van der Waals surface area contributed by atoms with Crippen LogP contribution in [0.3, 0.4) is 0 Å². The van der Waals surface area contributed by atoms with Gasteiger partial charge in [0.2, 0.25) is 11.8 Å². The monoisotopic (exact) mass is 355 g/mol. The van der Waals surface area contributed by atoms with E-state index >= 15 is 0 Å². The summed E-state index contributed by atoms with van der Waals surface area (Å²) >= 11 is 0. The van der Waals surface area contributed by atoms with Gasteiger partial charge in [-0.2, -0.15) is 0 Å². The fourth-order valence-electron chi connectivity index (χ4n) is 2.59. The molecule has 0 aliphatic heterocycles. The van der Waals surface area contributed by atoms with Crippen molar-refractivity contribution in [1.29, 1.82) is 0 Å². The Hall–Kier alpha value is -3.02. The lowest BCUT2D eigenvalue weighted by Crippen LogP contribution is -2.39. The summed E-state index contributed by atoms with van der Waals surface area (Å²) in [4.78, 5) is 26.5. The summed E-state index contributed by atoms with van der Waals surface area (Å²) in [5.41, 5.74) is 7.78. The van der Waals surface area contributed by atoms with E-state index in [0.717, 1.165) is 12.0 Å². The molecular weight excluding hydrogens is 330 g/mol. The fraction of sp³-hybridized carbons (Fsp3) is 0.300. The third kappa shape index (κ3) is 5.51. The second-order valence-electron chi connectivity index (χ2n) is 5.98. The number of hydrogen-bond acceptors (Lipinski definition) is 4. The van der Waals surface area contributed by atoms with Crippen molar-refractivity contribution in [2.45, 2.75) is 19.8 Å². The number of ether oxygens (including phenoxy) is 1. The van der Waals surface area contributed by atoms with Crippen LogP contribution in [0.25, 0.3) is 0 Å². The highest BCUT2D eigenvalue weighted by Gasteiger charge is 2.17. The van der Waals surface area contributed by atoms with Crippen LogP contribution in [0.1, 0.15) is 18.9 Å². The number of methoxy groups -OCH3 is 1. The average Bonchev–Trinajstić information content (AvgIpc) is 2.63. The van der Waals surface area contributed by atoms with Crippen LogP contribution in [0.15, 0.2) is 48.5 Å². The zero-order chi connectivity index (χ0) is 18.9. The van der Waals surface area contributed by atoms with E-state index in [1.54, 1.807) is 36.3 Å². The van der Waals surface area contributed by atoms with Crippen LogP contribution in [0.4, 0.5) is 11.4 Å². The third-order valence-corrected chi connectivity index (χ3v) is 3.90. The molecule has 6 heteroatoms. The van der Waals surface area contributed by atoms with Gasteiger partial charge in [-0.15, -0.1) is 0 Å². The summed E-state index contributed by atoms with van der Waals surface area (Å²) in [6.45, 7) is 2.49. The first-order valence-electron chi connectivity index (χ1n) is 8.58. The lowest BCUT2D eigenvalue weighted by Gasteiger charge is -2.22. The van der Waals surface area contributed by atoms with E-state index in [2.05, 4.69) is 5.32 Å². The molecule has 6 nitrogen and oxygen atoms in total. The Bertz CT molecular complexity index is 744. The van der Waals surface area contributed by atoms with Crippen LogP contribution >= 0.6 is 0 Å². The van der Waals surface area contributed by atoms with Crippen molar-refractivity contribution in [1.82, 2.24) is 4.90 Å². The average molecular weight is 355 g/mol. The molecule has 0 aliphatic rings. The molecule has 3 N–H and O–H groups in total. The lowest BCUT2D eigenvalue weighted by molar-refractivity contribution is -0.134. The Morgan fingerprint density at radius 3 is 2.46 bits per heavy atom. The van der Waals surface area contributed by atoms with Gasteiger partial charge in [-0.3, -0.25) is 9.59 Å². The van der Waals surface area contributed by atoms with Crippen molar-refractivity contribution in [2.24, 2.45) is 0 Å². The van der Waals surface area contributed by atoms with Crippen molar-refractivity contribution in [3.05, 3.63) is 54.1 Å². The highest BCUT2D eigenvalue weighted by molar-refractivity contribution is 5.95. The lowest BCUT2D eigenvalue weighted by atomic mass is 10.1. The number of benzene rings is 2. The van der Waals surface area contributed by atoms with Gasteiger partial charge >= 0.3 is 0 Å². The van der Waals surface area contributed by atoms with Crippen LogP contribution in [-0.4, -0.2) is 36.9 Å². The van der Waals surface area contributed by atoms with Crippen LogP contribution in [0.5, 0.6) is 5.75 Å². The first-order chi connectivity index (χ1) is 12.5. The minimum Gasteiger partial charge on any atom is -0.495 e. The molecule has 0 radical (unpaired) electrons. The minimum absolute atomic E-state index is 0.000303. The van der Waals surface area contributed by atoms with Gasteiger partial charge in [0.25, 0.3) is 0 Å². The number of amides is 2. The third-order valence-electron chi connectivity index (χ3n) is 3.90. The number of anilines is 2. The van der Waals surface area contributed by atoms with Crippen LogP contribution in [-0.2, 0) is 16.0 Å².